The van der Waals surface area contributed by atoms with Crippen molar-refractivity contribution in [3.8, 4) is 68.7 Å². The standard InChI is InChI=1S/C25H21N3O6/c1-4-34-22-11-14(29)5-8-19(22)25-27-23(17-9-6-15(32-2)12-20(17)30)26-24(28-25)18-10-7-16(33-3)13-21(18)31/h4-13,29-31H,1H2,2-3H3. The van der Waals surface area contributed by atoms with Gasteiger partial charge in [0.05, 0.1) is 37.2 Å². The molecule has 9 heteroatoms. The summed E-state index contributed by atoms with van der Waals surface area (Å²) in [5.74, 6) is 1.44. The zero-order chi connectivity index (χ0) is 24.2. The molecule has 0 aliphatic heterocycles. The molecule has 34 heavy (non-hydrogen) atoms. The van der Waals surface area contributed by atoms with Crippen LogP contribution in [-0.2, 0) is 0 Å². The fourth-order valence-corrected chi connectivity index (χ4v) is 3.28. The third-order valence-electron chi connectivity index (χ3n) is 4.94. The summed E-state index contributed by atoms with van der Waals surface area (Å²) in [6, 6.07) is 13.9. The average Bonchev–Trinajstić information content (AvgIpc) is 2.83. The summed E-state index contributed by atoms with van der Waals surface area (Å²) in [4.78, 5) is 13.5. The van der Waals surface area contributed by atoms with E-state index in [2.05, 4.69) is 21.5 Å². The van der Waals surface area contributed by atoms with Crippen molar-refractivity contribution in [1.29, 1.82) is 0 Å². The van der Waals surface area contributed by atoms with Gasteiger partial charge in [-0.15, -0.1) is 0 Å². The third kappa shape index (κ3) is 4.40. The molecule has 0 spiro atoms. The number of phenols is 3. The van der Waals surface area contributed by atoms with Crippen LogP contribution in [0.3, 0.4) is 0 Å². The number of rotatable bonds is 7. The topological polar surface area (TPSA) is 127 Å². The predicted molar refractivity (Wildman–Crippen MR) is 125 cm³/mol. The van der Waals surface area contributed by atoms with E-state index < -0.39 is 0 Å². The smallest absolute Gasteiger partial charge is 0.167 e. The normalized spacial score (nSPS) is 10.5. The second kappa shape index (κ2) is 9.37. The van der Waals surface area contributed by atoms with Crippen LogP contribution in [0.5, 0.6) is 34.5 Å². The summed E-state index contributed by atoms with van der Waals surface area (Å²) in [6.07, 6.45) is 1.21. The highest BCUT2D eigenvalue weighted by Crippen LogP contribution is 2.37. The molecule has 172 valence electrons. The lowest BCUT2D eigenvalue weighted by Crippen LogP contribution is -2.01. The highest BCUT2D eigenvalue weighted by molar-refractivity contribution is 5.74. The van der Waals surface area contributed by atoms with E-state index in [0.29, 0.717) is 28.2 Å². The van der Waals surface area contributed by atoms with Gasteiger partial charge in [0.2, 0.25) is 0 Å². The van der Waals surface area contributed by atoms with Crippen LogP contribution in [0.4, 0.5) is 0 Å². The van der Waals surface area contributed by atoms with E-state index in [1.807, 2.05) is 0 Å². The van der Waals surface area contributed by atoms with E-state index in [9.17, 15) is 15.3 Å². The maximum Gasteiger partial charge on any atom is 0.167 e. The van der Waals surface area contributed by atoms with E-state index in [4.69, 9.17) is 14.2 Å². The van der Waals surface area contributed by atoms with Crippen LogP contribution in [0, 0.1) is 0 Å². The van der Waals surface area contributed by atoms with Crippen LogP contribution < -0.4 is 14.2 Å². The van der Waals surface area contributed by atoms with Crippen LogP contribution in [0.2, 0.25) is 0 Å². The molecular weight excluding hydrogens is 438 g/mol. The van der Waals surface area contributed by atoms with Crippen LogP contribution in [0.15, 0.2) is 67.4 Å². The Morgan fingerprint density at radius 3 is 1.59 bits per heavy atom. The second-order valence-corrected chi connectivity index (χ2v) is 7.04. The van der Waals surface area contributed by atoms with Crippen LogP contribution >= 0.6 is 0 Å². The van der Waals surface area contributed by atoms with Crippen molar-refractivity contribution in [1.82, 2.24) is 15.0 Å². The Balaban J connectivity index is 1.97. The molecule has 0 saturated carbocycles. The highest BCUT2D eigenvalue weighted by atomic mass is 16.5. The van der Waals surface area contributed by atoms with Gasteiger partial charge >= 0.3 is 0 Å². The Kier molecular flexibility index (Phi) is 6.18. The molecule has 4 aromatic rings. The molecule has 0 unspecified atom stereocenters. The van der Waals surface area contributed by atoms with Gasteiger partial charge in [-0.05, 0) is 36.4 Å². The number of phenolic OH excluding ortho intramolecular Hbond substituents is 3. The molecule has 0 bridgehead atoms. The molecule has 3 aromatic carbocycles. The number of aromatic hydroxyl groups is 3. The minimum atomic E-state index is -0.102. The quantitative estimate of drug-likeness (QED) is 0.342. The average molecular weight is 459 g/mol. The first-order chi connectivity index (χ1) is 16.4. The summed E-state index contributed by atoms with van der Waals surface area (Å²) in [5, 5.41) is 31.0. The molecule has 1 heterocycles. The maximum absolute atomic E-state index is 10.6. The molecule has 0 fully saturated rings. The monoisotopic (exact) mass is 459 g/mol. The summed E-state index contributed by atoms with van der Waals surface area (Å²) >= 11 is 0. The van der Waals surface area contributed by atoms with Crippen molar-refractivity contribution in [2.45, 2.75) is 0 Å². The van der Waals surface area contributed by atoms with Gasteiger partial charge in [0.25, 0.3) is 0 Å². The molecular formula is C25H21N3O6. The first kappa shape index (κ1) is 22.4. The van der Waals surface area contributed by atoms with Crippen LogP contribution in [0.25, 0.3) is 34.2 Å². The molecule has 0 atom stereocenters. The molecule has 0 aliphatic carbocycles. The Morgan fingerprint density at radius 2 is 1.15 bits per heavy atom. The molecule has 3 N–H and O–H groups in total. The van der Waals surface area contributed by atoms with Crippen molar-refractivity contribution in [3.05, 3.63) is 67.4 Å². The molecule has 0 saturated heterocycles. The Bertz CT molecular complexity index is 1300. The van der Waals surface area contributed by atoms with Gasteiger partial charge in [0.15, 0.2) is 17.5 Å². The summed E-state index contributed by atoms with van der Waals surface area (Å²) in [5.41, 5.74) is 1.08. The minimum absolute atomic E-state index is 0.0179. The van der Waals surface area contributed by atoms with Gasteiger partial charge in [-0.1, -0.05) is 6.58 Å². The zero-order valence-corrected chi connectivity index (χ0v) is 18.4. The summed E-state index contributed by atoms with van der Waals surface area (Å²) in [7, 11) is 2.98. The SMILES string of the molecule is C=COc1cc(O)ccc1-c1nc(-c2ccc(OC)cc2O)nc(-c2ccc(OC)cc2O)n1. The van der Waals surface area contributed by atoms with Gasteiger partial charge in [-0.3, -0.25) is 0 Å². The summed E-state index contributed by atoms with van der Waals surface area (Å²) < 4.78 is 15.8. The molecule has 0 radical (unpaired) electrons. The summed E-state index contributed by atoms with van der Waals surface area (Å²) in [6.45, 7) is 3.56. The van der Waals surface area contributed by atoms with E-state index >= 15 is 0 Å². The van der Waals surface area contributed by atoms with Gasteiger partial charge in [0.1, 0.15) is 34.5 Å². The van der Waals surface area contributed by atoms with Gasteiger partial charge in [-0.2, -0.15) is 0 Å². The predicted octanol–water partition coefficient (Wildman–Crippen LogP) is 4.53. The van der Waals surface area contributed by atoms with Crippen LogP contribution in [-0.4, -0.2) is 44.5 Å². The molecule has 4 rings (SSSR count). The first-order valence-electron chi connectivity index (χ1n) is 10.0. The van der Waals surface area contributed by atoms with Gasteiger partial charge in [-0.25, -0.2) is 15.0 Å². The lowest BCUT2D eigenvalue weighted by Gasteiger charge is -2.13. The van der Waals surface area contributed by atoms with Crippen molar-refractivity contribution in [3.63, 3.8) is 0 Å². The fraction of sp³-hybridized carbons (Fsp3) is 0.0800. The van der Waals surface area contributed by atoms with Crippen molar-refractivity contribution in [2.24, 2.45) is 0 Å². The Hall–Kier alpha value is -4.79. The van der Waals surface area contributed by atoms with Crippen LogP contribution in [0.1, 0.15) is 0 Å². The maximum atomic E-state index is 10.6. The first-order valence-corrected chi connectivity index (χ1v) is 10.0. The number of nitrogens with zero attached hydrogens (tertiary/aromatic N) is 3. The van der Waals surface area contributed by atoms with Gasteiger partial charge in [0, 0.05) is 18.2 Å². The molecule has 0 aliphatic rings. The van der Waals surface area contributed by atoms with Gasteiger partial charge < -0.3 is 29.5 Å². The van der Waals surface area contributed by atoms with Crippen molar-refractivity contribution in [2.75, 3.05) is 14.2 Å². The number of ether oxygens (including phenoxy) is 3. The van der Waals surface area contributed by atoms with Crippen molar-refractivity contribution < 1.29 is 29.5 Å². The lowest BCUT2D eigenvalue weighted by atomic mass is 10.1. The van der Waals surface area contributed by atoms with E-state index in [1.54, 1.807) is 30.3 Å². The third-order valence-corrected chi connectivity index (χ3v) is 4.94. The van der Waals surface area contributed by atoms with E-state index in [0.717, 1.165) is 0 Å². The van der Waals surface area contributed by atoms with Crippen molar-refractivity contribution >= 4 is 0 Å². The zero-order valence-electron chi connectivity index (χ0n) is 18.4. The Morgan fingerprint density at radius 1 is 0.676 bits per heavy atom. The lowest BCUT2D eigenvalue weighted by molar-refractivity contribution is 0.408. The number of methoxy groups -OCH3 is 2. The fourth-order valence-electron chi connectivity index (χ4n) is 3.28. The molecule has 1 aromatic heterocycles. The largest absolute Gasteiger partial charge is 0.508 e. The minimum Gasteiger partial charge on any atom is -0.508 e. The number of hydrogen-bond acceptors (Lipinski definition) is 9. The van der Waals surface area contributed by atoms with E-state index in [-0.39, 0.29) is 40.5 Å². The number of hydrogen-bond donors (Lipinski definition) is 3. The van der Waals surface area contributed by atoms with E-state index in [1.165, 1.54) is 44.7 Å². The molecule has 9 nitrogen and oxygen atoms in total. The second-order valence-electron chi connectivity index (χ2n) is 7.04. The Labute approximate surface area is 195 Å². The highest BCUT2D eigenvalue weighted by Gasteiger charge is 2.19. The number of aromatic nitrogens is 3. The molecule has 0 amide bonds. The number of benzene rings is 3.